The van der Waals surface area contributed by atoms with Crippen molar-refractivity contribution in [1.82, 2.24) is 0 Å². The molecule has 0 heterocycles. The van der Waals surface area contributed by atoms with Crippen LogP contribution >= 0.6 is 0 Å². The molecule has 0 amide bonds. The van der Waals surface area contributed by atoms with Crippen LogP contribution in [0.25, 0.3) is 0 Å². The molecule has 0 radical (unpaired) electrons. The second-order valence-electron chi connectivity index (χ2n) is 6.16. The minimum absolute atomic E-state index is 0.272. The molecule has 114 valence electrons. The lowest BCUT2D eigenvalue weighted by molar-refractivity contribution is -0.00923. The standard InChI is InChI=1S/C18H24FNO/c1-13-8-14(2)10-18(9-13)21-12-16-5-6-17(19)11-15(16)4-3-7-20/h5-6,11,13-14,18H,7-10,12,20H2,1-2H3. The van der Waals surface area contributed by atoms with Gasteiger partial charge in [-0.2, -0.15) is 0 Å². The molecule has 1 aliphatic rings. The molecule has 0 aliphatic heterocycles. The van der Waals surface area contributed by atoms with Gasteiger partial charge in [0.1, 0.15) is 5.82 Å². The Balaban J connectivity index is 2.02. The van der Waals surface area contributed by atoms with Crippen LogP contribution in [0.15, 0.2) is 18.2 Å². The lowest BCUT2D eigenvalue weighted by Gasteiger charge is -2.31. The topological polar surface area (TPSA) is 35.2 Å². The molecule has 0 aromatic heterocycles. The maximum absolute atomic E-state index is 13.3. The molecule has 2 N–H and O–H groups in total. The van der Waals surface area contributed by atoms with Gasteiger partial charge in [-0.25, -0.2) is 4.39 Å². The second kappa shape index (κ2) is 7.59. The Morgan fingerprint density at radius 2 is 1.95 bits per heavy atom. The summed E-state index contributed by atoms with van der Waals surface area (Å²) in [6, 6.07) is 4.66. The number of ether oxygens (including phenoxy) is 1. The van der Waals surface area contributed by atoms with Crippen molar-refractivity contribution in [3.05, 3.63) is 35.1 Å². The van der Waals surface area contributed by atoms with Crippen molar-refractivity contribution in [2.24, 2.45) is 17.6 Å². The maximum Gasteiger partial charge on any atom is 0.124 e. The summed E-state index contributed by atoms with van der Waals surface area (Å²) in [6.07, 6.45) is 3.79. The molecular formula is C18H24FNO. The zero-order chi connectivity index (χ0) is 15.2. The van der Waals surface area contributed by atoms with E-state index in [1.807, 2.05) is 0 Å². The Morgan fingerprint density at radius 3 is 2.62 bits per heavy atom. The van der Waals surface area contributed by atoms with Crippen LogP contribution in [0.5, 0.6) is 0 Å². The lowest BCUT2D eigenvalue weighted by atomic mass is 9.82. The normalized spacial score (nSPS) is 25.2. The summed E-state index contributed by atoms with van der Waals surface area (Å²) in [4.78, 5) is 0. The van der Waals surface area contributed by atoms with Gasteiger partial charge in [-0.05, 0) is 48.8 Å². The summed E-state index contributed by atoms with van der Waals surface area (Å²) >= 11 is 0. The van der Waals surface area contributed by atoms with E-state index >= 15 is 0 Å². The summed E-state index contributed by atoms with van der Waals surface area (Å²) in [6.45, 7) is 5.32. The average Bonchev–Trinajstić information content (AvgIpc) is 2.43. The summed E-state index contributed by atoms with van der Waals surface area (Å²) in [5.74, 6) is 6.85. The molecule has 0 saturated heterocycles. The van der Waals surface area contributed by atoms with Gasteiger partial charge in [0.15, 0.2) is 0 Å². The monoisotopic (exact) mass is 289 g/mol. The Kier molecular flexibility index (Phi) is 5.78. The third-order valence-electron chi connectivity index (χ3n) is 4.01. The van der Waals surface area contributed by atoms with Crippen LogP contribution in [-0.4, -0.2) is 12.6 Å². The quantitative estimate of drug-likeness (QED) is 0.865. The van der Waals surface area contributed by atoms with Crippen molar-refractivity contribution < 1.29 is 9.13 Å². The first kappa shape index (κ1) is 16.0. The highest BCUT2D eigenvalue weighted by Crippen LogP contribution is 2.31. The van der Waals surface area contributed by atoms with E-state index in [4.69, 9.17) is 10.5 Å². The fraction of sp³-hybridized carbons (Fsp3) is 0.556. The van der Waals surface area contributed by atoms with Crippen molar-refractivity contribution >= 4 is 0 Å². The molecule has 21 heavy (non-hydrogen) atoms. The Labute approximate surface area is 126 Å². The van der Waals surface area contributed by atoms with Gasteiger partial charge in [0.25, 0.3) is 0 Å². The lowest BCUT2D eigenvalue weighted by Crippen LogP contribution is -2.26. The molecule has 2 nitrogen and oxygen atoms in total. The summed E-state index contributed by atoms with van der Waals surface area (Å²) in [5, 5.41) is 0. The number of nitrogens with two attached hydrogens (primary N) is 1. The van der Waals surface area contributed by atoms with Gasteiger partial charge in [0.2, 0.25) is 0 Å². The zero-order valence-corrected chi connectivity index (χ0v) is 12.9. The van der Waals surface area contributed by atoms with Gasteiger partial charge in [-0.15, -0.1) is 0 Å². The van der Waals surface area contributed by atoms with E-state index in [1.165, 1.54) is 18.6 Å². The largest absolute Gasteiger partial charge is 0.373 e. The van der Waals surface area contributed by atoms with E-state index in [-0.39, 0.29) is 12.4 Å². The first-order valence-electron chi connectivity index (χ1n) is 7.67. The predicted molar refractivity (Wildman–Crippen MR) is 83.1 cm³/mol. The molecule has 1 fully saturated rings. The van der Waals surface area contributed by atoms with Gasteiger partial charge >= 0.3 is 0 Å². The molecule has 2 rings (SSSR count). The van der Waals surface area contributed by atoms with Crippen LogP contribution in [0.4, 0.5) is 4.39 Å². The summed E-state index contributed by atoms with van der Waals surface area (Å²) < 4.78 is 19.4. The smallest absolute Gasteiger partial charge is 0.124 e. The second-order valence-corrected chi connectivity index (χ2v) is 6.16. The van der Waals surface area contributed by atoms with Crippen LogP contribution in [0.1, 0.15) is 44.2 Å². The number of hydrogen-bond donors (Lipinski definition) is 1. The first-order valence-corrected chi connectivity index (χ1v) is 7.67. The van der Waals surface area contributed by atoms with Crippen LogP contribution in [0, 0.1) is 29.5 Å². The fourth-order valence-corrected chi connectivity index (χ4v) is 3.15. The number of halogens is 1. The Bertz CT molecular complexity index is 522. The minimum Gasteiger partial charge on any atom is -0.373 e. The highest BCUT2D eigenvalue weighted by Gasteiger charge is 2.24. The van der Waals surface area contributed by atoms with E-state index in [0.29, 0.717) is 30.1 Å². The van der Waals surface area contributed by atoms with Crippen LogP contribution < -0.4 is 5.73 Å². The van der Waals surface area contributed by atoms with E-state index in [0.717, 1.165) is 18.4 Å². The Hall–Kier alpha value is -1.37. The molecule has 1 aromatic rings. The van der Waals surface area contributed by atoms with Crippen LogP contribution in [0.3, 0.4) is 0 Å². The molecule has 3 heteroatoms. The van der Waals surface area contributed by atoms with Gasteiger partial charge in [0, 0.05) is 5.56 Å². The third-order valence-corrected chi connectivity index (χ3v) is 4.01. The van der Waals surface area contributed by atoms with Crippen molar-refractivity contribution in [3.8, 4) is 11.8 Å². The highest BCUT2D eigenvalue weighted by atomic mass is 19.1. The first-order chi connectivity index (χ1) is 10.1. The van der Waals surface area contributed by atoms with Gasteiger partial charge < -0.3 is 10.5 Å². The molecule has 2 atom stereocenters. The molecule has 0 bridgehead atoms. The number of hydrogen-bond acceptors (Lipinski definition) is 2. The minimum atomic E-state index is -0.278. The van der Waals surface area contributed by atoms with Gasteiger partial charge in [0.05, 0.1) is 19.3 Å². The number of rotatable bonds is 3. The highest BCUT2D eigenvalue weighted by molar-refractivity contribution is 5.41. The number of benzene rings is 1. The van der Waals surface area contributed by atoms with Crippen molar-refractivity contribution in [3.63, 3.8) is 0 Å². The maximum atomic E-state index is 13.3. The molecule has 0 spiro atoms. The molecule has 2 unspecified atom stereocenters. The van der Waals surface area contributed by atoms with E-state index in [2.05, 4.69) is 25.7 Å². The predicted octanol–water partition coefficient (Wildman–Crippen LogP) is 3.48. The summed E-state index contributed by atoms with van der Waals surface area (Å²) in [5.41, 5.74) is 7.00. The van der Waals surface area contributed by atoms with Crippen molar-refractivity contribution in [2.45, 2.75) is 45.8 Å². The molecule has 1 aromatic carbocycles. The van der Waals surface area contributed by atoms with E-state index in [1.54, 1.807) is 6.07 Å². The van der Waals surface area contributed by atoms with Crippen LogP contribution in [0.2, 0.25) is 0 Å². The van der Waals surface area contributed by atoms with Crippen molar-refractivity contribution in [2.75, 3.05) is 6.54 Å². The van der Waals surface area contributed by atoms with E-state index < -0.39 is 0 Å². The molecular weight excluding hydrogens is 265 g/mol. The van der Waals surface area contributed by atoms with E-state index in [9.17, 15) is 4.39 Å². The molecule has 1 aliphatic carbocycles. The third kappa shape index (κ3) is 4.84. The SMILES string of the molecule is CC1CC(C)CC(OCc2ccc(F)cc2C#CCN)C1. The Morgan fingerprint density at radius 1 is 1.24 bits per heavy atom. The van der Waals surface area contributed by atoms with Crippen molar-refractivity contribution in [1.29, 1.82) is 0 Å². The fourth-order valence-electron chi connectivity index (χ4n) is 3.15. The summed E-state index contributed by atoms with van der Waals surface area (Å²) in [7, 11) is 0. The average molecular weight is 289 g/mol. The van der Waals surface area contributed by atoms with Crippen LogP contribution in [-0.2, 0) is 11.3 Å². The molecule has 1 saturated carbocycles. The van der Waals surface area contributed by atoms with Gasteiger partial charge in [-0.1, -0.05) is 31.8 Å². The van der Waals surface area contributed by atoms with Gasteiger partial charge in [-0.3, -0.25) is 0 Å². The zero-order valence-electron chi connectivity index (χ0n) is 12.9.